The van der Waals surface area contributed by atoms with Gasteiger partial charge in [-0.1, -0.05) is 0 Å². The maximum atomic E-state index is 12.7. The van der Waals surface area contributed by atoms with E-state index in [-0.39, 0.29) is 11.3 Å². The van der Waals surface area contributed by atoms with Crippen LogP contribution in [0.5, 0.6) is 5.75 Å². The number of aromatic nitrogens is 5. The molecule has 4 aromatic rings. The molecule has 0 amide bonds. The van der Waals surface area contributed by atoms with E-state index in [9.17, 15) is 9.90 Å². The Morgan fingerprint density at radius 2 is 2.00 bits per heavy atom. The number of rotatable bonds is 2. The number of nitrogens with zero attached hydrogens (tertiary/aromatic N) is 5. The van der Waals surface area contributed by atoms with Crippen molar-refractivity contribution in [2.75, 3.05) is 13.1 Å². The molecule has 8 nitrogen and oxygen atoms in total. The van der Waals surface area contributed by atoms with Crippen molar-refractivity contribution >= 4 is 21.8 Å². The first-order valence-corrected chi connectivity index (χ1v) is 10.1. The van der Waals surface area contributed by atoms with Crippen molar-refractivity contribution in [3.63, 3.8) is 0 Å². The molecular weight excluding hydrogens is 376 g/mol. The van der Waals surface area contributed by atoms with Crippen LogP contribution in [0.1, 0.15) is 35.0 Å². The van der Waals surface area contributed by atoms with Gasteiger partial charge in [-0.2, -0.15) is 5.10 Å². The molecule has 0 atom stereocenters. The summed E-state index contributed by atoms with van der Waals surface area (Å²) in [6, 6.07) is 1.43. The summed E-state index contributed by atoms with van der Waals surface area (Å²) in [5.74, 6) is 0.451. The molecule has 5 rings (SSSR count). The number of piperidine rings is 1. The van der Waals surface area contributed by atoms with Crippen LogP contribution >= 0.6 is 11.3 Å². The maximum Gasteiger partial charge on any atom is 0.259 e. The molecule has 0 aromatic carbocycles. The van der Waals surface area contributed by atoms with Gasteiger partial charge in [-0.25, -0.2) is 9.50 Å². The number of hydrogen-bond donors (Lipinski definition) is 2. The molecule has 144 valence electrons. The average Bonchev–Trinajstić information content (AvgIpc) is 3.24. The number of hydrogen-bond acceptors (Lipinski definition) is 7. The molecule has 28 heavy (non-hydrogen) atoms. The zero-order chi connectivity index (χ0) is 19.4. The molecule has 4 aromatic heterocycles. The largest absolute Gasteiger partial charge is 0.504 e. The number of fused-ring (bicyclic) bond motifs is 2. The predicted octanol–water partition coefficient (Wildman–Crippen LogP) is 2.26. The van der Waals surface area contributed by atoms with Gasteiger partial charge in [0, 0.05) is 17.1 Å². The molecular formula is C19H20N6O2S. The first-order chi connectivity index (χ1) is 13.5. The highest BCUT2D eigenvalue weighted by Gasteiger charge is 2.21. The van der Waals surface area contributed by atoms with Crippen molar-refractivity contribution in [3.05, 3.63) is 45.1 Å². The second kappa shape index (κ2) is 6.39. The quantitative estimate of drug-likeness (QED) is 0.539. The number of aryl methyl sites for hydroxylation is 2. The normalized spacial score (nSPS) is 15.6. The standard InChI is InChI=1S/C19H20N6O2S/c1-10-8-25-17(11(2)21-10)18(27)16(23-25)13-7-15(26)24-9-14(28-19(24)22-13)12-3-5-20-6-4-12/h7-9,12,20,27H,3-6H2,1-2H3. The van der Waals surface area contributed by atoms with Crippen molar-refractivity contribution in [3.8, 4) is 17.1 Å². The van der Waals surface area contributed by atoms with Crippen LogP contribution in [0.25, 0.3) is 21.9 Å². The Balaban J connectivity index is 1.65. The summed E-state index contributed by atoms with van der Waals surface area (Å²) >= 11 is 1.54. The summed E-state index contributed by atoms with van der Waals surface area (Å²) in [5, 5.41) is 18.5. The number of aromatic hydroxyl groups is 1. The van der Waals surface area contributed by atoms with Crippen molar-refractivity contribution in [1.29, 1.82) is 0 Å². The molecule has 1 fully saturated rings. The van der Waals surface area contributed by atoms with Gasteiger partial charge in [-0.15, -0.1) is 11.3 Å². The molecule has 1 aliphatic rings. The summed E-state index contributed by atoms with van der Waals surface area (Å²) in [5.41, 5.74) is 2.52. The van der Waals surface area contributed by atoms with E-state index in [1.807, 2.05) is 20.0 Å². The summed E-state index contributed by atoms with van der Waals surface area (Å²) in [6.07, 6.45) is 5.79. The average molecular weight is 396 g/mol. The minimum Gasteiger partial charge on any atom is -0.504 e. The fourth-order valence-electron chi connectivity index (χ4n) is 3.89. The van der Waals surface area contributed by atoms with Gasteiger partial charge in [-0.3, -0.25) is 14.2 Å². The van der Waals surface area contributed by atoms with E-state index in [4.69, 9.17) is 0 Å². The topological polar surface area (TPSA) is 96.8 Å². The van der Waals surface area contributed by atoms with E-state index >= 15 is 0 Å². The SMILES string of the molecule is Cc1cn2nc(-c3cc(=O)n4cc(C5CCNCC5)sc4n3)c(O)c2c(C)n1. The van der Waals surface area contributed by atoms with Crippen LogP contribution in [0.4, 0.5) is 0 Å². The minimum absolute atomic E-state index is 0.00335. The van der Waals surface area contributed by atoms with E-state index < -0.39 is 0 Å². The van der Waals surface area contributed by atoms with E-state index in [0.29, 0.717) is 33.5 Å². The van der Waals surface area contributed by atoms with Crippen molar-refractivity contribution in [2.45, 2.75) is 32.6 Å². The van der Waals surface area contributed by atoms with Gasteiger partial charge in [0.15, 0.2) is 16.4 Å². The highest BCUT2D eigenvalue weighted by atomic mass is 32.1. The monoisotopic (exact) mass is 396 g/mol. The molecule has 1 aliphatic heterocycles. The third-order valence-electron chi connectivity index (χ3n) is 5.25. The van der Waals surface area contributed by atoms with Gasteiger partial charge in [-0.05, 0) is 45.7 Å². The van der Waals surface area contributed by atoms with Gasteiger partial charge in [0.25, 0.3) is 5.56 Å². The lowest BCUT2D eigenvalue weighted by atomic mass is 9.97. The summed E-state index contributed by atoms with van der Waals surface area (Å²) in [7, 11) is 0. The molecule has 1 saturated heterocycles. The van der Waals surface area contributed by atoms with Crippen LogP contribution in [-0.2, 0) is 0 Å². The highest BCUT2D eigenvalue weighted by molar-refractivity contribution is 7.17. The Morgan fingerprint density at radius 3 is 2.79 bits per heavy atom. The molecule has 2 N–H and O–H groups in total. The van der Waals surface area contributed by atoms with Crippen LogP contribution in [0.3, 0.4) is 0 Å². The third kappa shape index (κ3) is 2.70. The van der Waals surface area contributed by atoms with Crippen molar-refractivity contribution in [2.24, 2.45) is 0 Å². The Labute approximate surface area is 164 Å². The fourth-order valence-corrected chi connectivity index (χ4v) is 5.04. The summed E-state index contributed by atoms with van der Waals surface area (Å²) in [6.45, 7) is 5.68. The van der Waals surface area contributed by atoms with Crippen LogP contribution < -0.4 is 10.9 Å². The first kappa shape index (κ1) is 17.3. The van der Waals surface area contributed by atoms with E-state index in [2.05, 4.69) is 20.4 Å². The van der Waals surface area contributed by atoms with E-state index in [1.165, 1.54) is 10.9 Å². The van der Waals surface area contributed by atoms with Gasteiger partial charge in [0.2, 0.25) is 0 Å². The molecule has 5 heterocycles. The van der Waals surface area contributed by atoms with E-state index in [1.54, 1.807) is 26.4 Å². The second-order valence-corrected chi connectivity index (χ2v) is 8.29. The van der Waals surface area contributed by atoms with Crippen molar-refractivity contribution in [1.82, 2.24) is 29.3 Å². The Morgan fingerprint density at radius 1 is 1.21 bits per heavy atom. The van der Waals surface area contributed by atoms with Crippen LogP contribution in [0, 0.1) is 13.8 Å². The fraction of sp³-hybridized carbons (Fsp3) is 0.368. The smallest absolute Gasteiger partial charge is 0.259 e. The molecule has 0 radical (unpaired) electrons. The molecule has 0 aliphatic carbocycles. The van der Waals surface area contributed by atoms with Gasteiger partial charge < -0.3 is 10.4 Å². The second-order valence-electron chi connectivity index (χ2n) is 7.25. The lowest BCUT2D eigenvalue weighted by Crippen LogP contribution is -2.26. The molecule has 0 saturated carbocycles. The Kier molecular flexibility index (Phi) is 3.95. The zero-order valence-corrected chi connectivity index (χ0v) is 16.5. The third-order valence-corrected chi connectivity index (χ3v) is 6.40. The minimum atomic E-state index is -0.168. The van der Waals surface area contributed by atoms with Gasteiger partial charge in [0.1, 0.15) is 11.2 Å². The Bertz CT molecular complexity index is 1270. The zero-order valence-electron chi connectivity index (χ0n) is 15.6. The van der Waals surface area contributed by atoms with Gasteiger partial charge in [0.05, 0.1) is 17.6 Å². The van der Waals surface area contributed by atoms with Crippen molar-refractivity contribution < 1.29 is 5.11 Å². The molecule has 0 bridgehead atoms. The van der Waals surface area contributed by atoms with Crippen LogP contribution in [0.15, 0.2) is 23.3 Å². The number of nitrogens with one attached hydrogen (secondary N) is 1. The molecule has 0 unspecified atom stereocenters. The molecule has 9 heteroatoms. The lowest BCUT2D eigenvalue weighted by molar-refractivity contribution is 0.464. The van der Waals surface area contributed by atoms with E-state index in [0.717, 1.165) is 31.6 Å². The van der Waals surface area contributed by atoms with Crippen LogP contribution in [-0.4, -0.2) is 42.2 Å². The number of thiazole rings is 1. The highest BCUT2D eigenvalue weighted by Crippen LogP contribution is 2.34. The maximum absolute atomic E-state index is 12.7. The lowest BCUT2D eigenvalue weighted by Gasteiger charge is -2.20. The van der Waals surface area contributed by atoms with Crippen LogP contribution in [0.2, 0.25) is 0 Å². The Hall–Kier alpha value is -2.78. The summed E-state index contributed by atoms with van der Waals surface area (Å²) in [4.78, 5) is 23.5. The first-order valence-electron chi connectivity index (χ1n) is 9.31. The predicted molar refractivity (Wildman–Crippen MR) is 107 cm³/mol. The van der Waals surface area contributed by atoms with Gasteiger partial charge >= 0.3 is 0 Å². The molecule has 0 spiro atoms. The summed E-state index contributed by atoms with van der Waals surface area (Å²) < 4.78 is 3.19.